The summed E-state index contributed by atoms with van der Waals surface area (Å²) in [6, 6.07) is 67.0. The summed E-state index contributed by atoms with van der Waals surface area (Å²) in [6.45, 7) is 0. The number of benzene rings is 8. The lowest BCUT2D eigenvalue weighted by atomic mass is 9.97. The Kier molecular flexibility index (Phi) is 6.84. The van der Waals surface area contributed by atoms with Gasteiger partial charge >= 0.3 is 0 Å². The molecule has 0 radical (unpaired) electrons. The monoisotopic (exact) mass is 613 g/mol. The molecule has 1 heterocycles. The second-order valence-electron chi connectivity index (χ2n) is 12.2. The van der Waals surface area contributed by atoms with E-state index in [-0.39, 0.29) is 0 Å². The summed E-state index contributed by atoms with van der Waals surface area (Å²) in [6.07, 6.45) is 0. The smallest absolute Gasteiger partial charge is 0.136 e. The summed E-state index contributed by atoms with van der Waals surface area (Å²) in [5, 5.41) is 4.77. The van der Waals surface area contributed by atoms with Gasteiger partial charge in [0.05, 0.1) is 5.69 Å². The maximum atomic E-state index is 6.32. The van der Waals surface area contributed by atoms with Gasteiger partial charge in [0.15, 0.2) is 0 Å². The van der Waals surface area contributed by atoms with Crippen LogP contribution in [0.4, 0.5) is 17.1 Å². The van der Waals surface area contributed by atoms with E-state index in [1.54, 1.807) is 0 Å². The third-order valence-electron chi connectivity index (χ3n) is 9.27. The minimum Gasteiger partial charge on any atom is -0.456 e. The molecule has 2 heteroatoms. The summed E-state index contributed by atoms with van der Waals surface area (Å²) in [5.41, 5.74) is 12.1. The first kappa shape index (κ1) is 27.9. The second kappa shape index (κ2) is 11.8. The molecule has 1 aromatic heterocycles. The quantitative estimate of drug-likeness (QED) is 0.185. The van der Waals surface area contributed by atoms with Crippen LogP contribution in [0.3, 0.4) is 0 Å². The van der Waals surface area contributed by atoms with E-state index in [9.17, 15) is 0 Å². The Morgan fingerprint density at radius 3 is 1.88 bits per heavy atom. The first-order chi connectivity index (χ1) is 23.8. The van der Waals surface area contributed by atoms with Gasteiger partial charge in [-0.25, -0.2) is 0 Å². The summed E-state index contributed by atoms with van der Waals surface area (Å²) in [4.78, 5) is 2.37. The maximum absolute atomic E-state index is 6.32. The number of anilines is 3. The van der Waals surface area contributed by atoms with Crippen molar-refractivity contribution < 1.29 is 4.42 Å². The fourth-order valence-corrected chi connectivity index (χ4v) is 6.96. The lowest BCUT2D eigenvalue weighted by Gasteiger charge is -2.28. The summed E-state index contributed by atoms with van der Waals surface area (Å²) in [7, 11) is 0. The van der Waals surface area contributed by atoms with Gasteiger partial charge in [-0.15, -0.1) is 0 Å². The Hall–Kier alpha value is -6.38. The predicted octanol–water partition coefficient (Wildman–Crippen LogP) is 13.2. The van der Waals surface area contributed by atoms with Gasteiger partial charge < -0.3 is 9.32 Å². The van der Waals surface area contributed by atoms with Gasteiger partial charge in [-0.1, -0.05) is 140 Å². The number of hydrogen-bond acceptors (Lipinski definition) is 2. The topological polar surface area (TPSA) is 16.4 Å². The van der Waals surface area contributed by atoms with Crippen molar-refractivity contribution in [3.05, 3.63) is 188 Å². The molecule has 0 spiro atoms. The minimum absolute atomic E-state index is 0.889. The third-order valence-corrected chi connectivity index (χ3v) is 9.27. The van der Waals surface area contributed by atoms with Gasteiger partial charge in [0, 0.05) is 27.7 Å². The van der Waals surface area contributed by atoms with Crippen molar-refractivity contribution in [2.75, 3.05) is 4.90 Å². The SMILES string of the molecule is c1ccc(-c2cccc(N(c3ccc(-c4cccc5ccccc45)cc3)c3ccccc3-c3ccc4c(c3)oc3ccccc34)c2)cc1. The molecule has 226 valence electrons. The molecule has 0 unspecified atom stereocenters. The molecule has 0 atom stereocenters. The average molecular weight is 614 g/mol. The van der Waals surface area contributed by atoms with Crippen molar-refractivity contribution in [2.45, 2.75) is 0 Å². The molecule has 0 saturated heterocycles. The van der Waals surface area contributed by atoms with E-state index in [1.165, 1.54) is 33.0 Å². The molecule has 0 aliphatic heterocycles. The van der Waals surface area contributed by atoms with Crippen LogP contribution in [0.25, 0.3) is 66.1 Å². The highest BCUT2D eigenvalue weighted by molar-refractivity contribution is 6.06. The van der Waals surface area contributed by atoms with E-state index in [2.05, 4.69) is 181 Å². The molecule has 0 saturated carbocycles. The maximum Gasteiger partial charge on any atom is 0.136 e. The van der Waals surface area contributed by atoms with E-state index in [1.807, 2.05) is 12.1 Å². The van der Waals surface area contributed by atoms with Crippen LogP contribution in [0, 0.1) is 0 Å². The lowest BCUT2D eigenvalue weighted by Crippen LogP contribution is -2.11. The number of hydrogen-bond donors (Lipinski definition) is 0. The molecule has 0 N–H and O–H groups in total. The van der Waals surface area contributed by atoms with Crippen molar-refractivity contribution >= 4 is 49.8 Å². The van der Waals surface area contributed by atoms with E-state index < -0.39 is 0 Å². The zero-order chi connectivity index (χ0) is 31.9. The predicted molar refractivity (Wildman–Crippen MR) is 202 cm³/mol. The Morgan fingerprint density at radius 1 is 0.333 bits per heavy atom. The highest BCUT2D eigenvalue weighted by Crippen LogP contribution is 2.43. The molecule has 0 aliphatic carbocycles. The Bertz CT molecular complexity index is 2560. The van der Waals surface area contributed by atoms with Crippen LogP contribution >= 0.6 is 0 Å². The van der Waals surface area contributed by atoms with E-state index in [0.29, 0.717) is 0 Å². The average Bonchev–Trinajstić information content (AvgIpc) is 3.54. The molecular weight excluding hydrogens is 583 g/mol. The van der Waals surface area contributed by atoms with Crippen LogP contribution in [0.15, 0.2) is 192 Å². The number of fused-ring (bicyclic) bond motifs is 4. The van der Waals surface area contributed by atoms with Crippen LogP contribution in [-0.4, -0.2) is 0 Å². The third kappa shape index (κ3) is 4.92. The Labute approximate surface area is 279 Å². The van der Waals surface area contributed by atoms with Crippen LogP contribution < -0.4 is 4.90 Å². The van der Waals surface area contributed by atoms with Gasteiger partial charge in [-0.05, 0) is 87.1 Å². The van der Waals surface area contributed by atoms with Crippen molar-refractivity contribution in [1.29, 1.82) is 0 Å². The van der Waals surface area contributed by atoms with Crippen molar-refractivity contribution in [3.63, 3.8) is 0 Å². The van der Waals surface area contributed by atoms with Gasteiger partial charge in [0.2, 0.25) is 0 Å². The molecule has 0 aliphatic rings. The second-order valence-corrected chi connectivity index (χ2v) is 12.2. The Balaban J connectivity index is 1.21. The minimum atomic E-state index is 0.889. The summed E-state index contributed by atoms with van der Waals surface area (Å²) >= 11 is 0. The van der Waals surface area contributed by atoms with Crippen molar-refractivity contribution in [3.8, 4) is 33.4 Å². The van der Waals surface area contributed by atoms with Gasteiger partial charge in [0.1, 0.15) is 11.2 Å². The van der Waals surface area contributed by atoms with E-state index >= 15 is 0 Å². The normalized spacial score (nSPS) is 11.3. The molecule has 48 heavy (non-hydrogen) atoms. The van der Waals surface area contributed by atoms with Gasteiger partial charge in [-0.3, -0.25) is 0 Å². The molecule has 8 aromatic carbocycles. The molecule has 0 fully saturated rings. The van der Waals surface area contributed by atoms with E-state index in [4.69, 9.17) is 4.42 Å². The standard InChI is InChI=1S/C46H31NO/c1-2-12-32(13-3-1)35-16-10-17-38(30-35)47(37-27-24-34(25-28-37)40-21-11-15-33-14-4-5-18-39(33)40)44-22-8-6-19-41(44)36-26-29-43-42-20-7-9-23-45(42)48-46(43)31-36/h1-31H. The Morgan fingerprint density at radius 2 is 0.979 bits per heavy atom. The zero-order valence-electron chi connectivity index (χ0n) is 26.3. The molecule has 2 nitrogen and oxygen atoms in total. The largest absolute Gasteiger partial charge is 0.456 e. The highest BCUT2D eigenvalue weighted by atomic mass is 16.3. The molecule has 0 amide bonds. The van der Waals surface area contributed by atoms with Gasteiger partial charge in [-0.2, -0.15) is 0 Å². The number of rotatable bonds is 6. The van der Waals surface area contributed by atoms with Crippen LogP contribution in [-0.2, 0) is 0 Å². The zero-order valence-corrected chi connectivity index (χ0v) is 26.3. The fraction of sp³-hybridized carbons (Fsp3) is 0. The van der Waals surface area contributed by atoms with E-state index in [0.717, 1.165) is 50.1 Å². The summed E-state index contributed by atoms with van der Waals surface area (Å²) < 4.78 is 6.32. The molecule has 9 aromatic rings. The van der Waals surface area contributed by atoms with Crippen LogP contribution in [0.5, 0.6) is 0 Å². The number of nitrogens with zero attached hydrogens (tertiary/aromatic N) is 1. The highest BCUT2D eigenvalue weighted by Gasteiger charge is 2.19. The number of furan rings is 1. The van der Waals surface area contributed by atoms with Crippen molar-refractivity contribution in [1.82, 2.24) is 0 Å². The lowest BCUT2D eigenvalue weighted by molar-refractivity contribution is 0.669. The van der Waals surface area contributed by atoms with Crippen LogP contribution in [0.1, 0.15) is 0 Å². The number of para-hydroxylation sites is 2. The molecular formula is C46H31NO. The molecule has 9 rings (SSSR count). The van der Waals surface area contributed by atoms with Crippen LogP contribution in [0.2, 0.25) is 0 Å². The first-order valence-corrected chi connectivity index (χ1v) is 16.3. The first-order valence-electron chi connectivity index (χ1n) is 16.3. The van der Waals surface area contributed by atoms with Gasteiger partial charge in [0.25, 0.3) is 0 Å². The summed E-state index contributed by atoms with van der Waals surface area (Å²) in [5.74, 6) is 0. The van der Waals surface area contributed by atoms with Crippen molar-refractivity contribution in [2.24, 2.45) is 0 Å². The molecule has 0 bridgehead atoms. The fourth-order valence-electron chi connectivity index (χ4n) is 6.96.